The van der Waals surface area contributed by atoms with Gasteiger partial charge in [0.05, 0.1) is 11.4 Å². The Morgan fingerprint density at radius 2 is 2.12 bits per heavy atom. The Labute approximate surface area is 107 Å². The van der Waals surface area contributed by atoms with Gasteiger partial charge in [0, 0.05) is 5.56 Å². The van der Waals surface area contributed by atoms with Gasteiger partial charge in [-0.3, -0.25) is 9.89 Å². The average Bonchev–Trinajstić information content (AvgIpc) is 2.69. The highest BCUT2D eigenvalue weighted by atomic mass is 35.5. The van der Waals surface area contributed by atoms with Crippen molar-refractivity contribution in [2.24, 2.45) is 0 Å². The summed E-state index contributed by atoms with van der Waals surface area (Å²) in [4.78, 5) is 10.5. The van der Waals surface area contributed by atoms with E-state index < -0.39 is 5.97 Å². The van der Waals surface area contributed by atoms with E-state index in [0.717, 1.165) is 17.3 Å². The Kier molecular flexibility index (Phi) is 3.71. The van der Waals surface area contributed by atoms with Crippen molar-refractivity contribution in [3.05, 3.63) is 35.4 Å². The number of aromatic nitrogens is 2. The van der Waals surface area contributed by atoms with E-state index in [4.69, 9.17) is 16.7 Å². The van der Waals surface area contributed by atoms with Gasteiger partial charge in [-0.25, -0.2) is 0 Å². The van der Waals surface area contributed by atoms with Gasteiger partial charge in [-0.2, -0.15) is 5.10 Å². The minimum Gasteiger partial charge on any atom is -0.481 e. The minimum absolute atomic E-state index is 0.0567. The van der Waals surface area contributed by atoms with E-state index in [9.17, 15) is 4.79 Å². The maximum Gasteiger partial charge on any atom is 0.313 e. The quantitative estimate of drug-likeness (QED) is 0.837. The second-order valence-corrected chi connectivity index (χ2v) is 4.61. The molecule has 6 heteroatoms. The number of nitrogens with one attached hydrogen (secondary N) is 1. The third kappa shape index (κ3) is 2.81. The zero-order chi connectivity index (χ0) is 12.3. The molecule has 17 heavy (non-hydrogen) atoms. The molecule has 0 saturated carbocycles. The maximum absolute atomic E-state index is 10.5. The van der Waals surface area contributed by atoms with Gasteiger partial charge in [0.2, 0.25) is 0 Å². The van der Waals surface area contributed by atoms with Crippen LogP contribution < -0.4 is 0 Å². The molecular formula is C11H9ClN2O2S. The van der Waals surface area contributed by atoms with Gasteiger partial charge in [-0.1, -0.05) is 53.7 Å². The molecule has 0 saturated heterocycles. The van der Waals surface area contributed by atoms with Gasteiger partial charge < -0.3 is 5.11 Å². The first-order valence-electron chi connectivity index (χ1n) is 4.82. The molecule has 88 valence electrons. The fourth-order valence-electron chi connectivity index (χ4n) is 1.33. The number of aliphatic carboxylic acids is 1. The standard InChI is InChI=1S/C11H9ClN2O2S/c12-9-10(7-4-2-1-3-5-7)13-14-11(9)17-6-8(15)16/h1-5H,6H2,(H,13,14)(H,15,16). The summed E-state index contributed by atoms with van der Waals surface area (Å²) in [5.74, 6) is -0.950. The van der Waals surface area contributed by atoms with E-state index in [1.165, 1.54) is 0 Å². The predicted octanol–water partition coefficient (Wildman–Crippen LogP) is 2.91. The van der Waals surface area contributed by atoms with Crippen molar-refractivity contribution >= 4 is 29.3 Å². The lowest BCUT2D eigenvalue weighted by molar-refractivity contribution is -0.133. The zero-order valence-corrected chi connectivity index (χ0v) is 10.3. The van der Waals surface area contributed by atoms with E-state index in [2.05, 4.69) is 10.2 Å². The summed E-state index contributed by atoms with van der Waals surface area (Å²) in [5.41, 5.74) is 1.63. The molecule has 0 atom stereocenters. The van der Waals surface area contributed by atoms with Crippen LogP contribution in [0.25, 0.3) is 11.3 Å². The lowest BCUT2D eigenvalue weighted by Gasteiger charge is -1.97. The number of rotatable bonds is 4. The van der Waals surface area contributed by atoms with Gasteiger partial charge in [-0.05, 0) is 0 Å². The molecule has 0 fully saturated rings. The highest BCUT2D eigenvalue weighted by Gasteiger charge is 2.13. The molecule has 0 aliphatic carbocycles. The van der Waals surface area contributed by atoms with Crippen LogP contribution in [0.4, 0.5) is 0 Å². The van der Waals surface area contributed by atoms with Gasteiger partial charge in [-0.15, -0.1) is 0 Å². The number of nitrogens with zero attached hydrogens (tertiary/aromatic N) is 1. The van der Waals surface area contributed by atoms with E-state index in [1.54, 1.807) is 0 Å². The highest BCUT2D eigenvalue weighted by Crippen LogP contribution is 2.33. The molecule has 0 bridgehead atoms. The molecular weight excluding hydrogens is 260 g/mol. The van der Waals surface area contributed by atoms with Gasteiger partial charge >= 0.3 is 5.97 Å². The molecule has 1 heterocycles. The topological polar surface area (TPSA) is 66.0 Å². The monoisotopic (exact) mass is 268 g/mol. The number of carbonyl (C=O) groups is 1. The minimum atomic E-state index is -0.893. The van der Waals surface area contributed by atoms with Crippen molar-refractivity contribution in [1.82, 2.24) is 10.2 Å². The summed E-state index contributed by atoms with van der Waals surface area (Å²) < 4.78 is 0. The van der Waals surface area contributed by atoms with Crippen molar-refractivity contribution in [2.75, 3.05) is 5.75 Å². The molecule has 4 nitrogen and oxygen atoms in total. The largest absolute Gasteiger partial charge is 0.481 e. The summed E-state index contributed by atoms with van der Waals surface area (Å²) in [5, 5.41) is 16.4. The molecule has 1 aromatic heterocycles. The van der Waals surface area contributed by atoms with Crippen LogP contribution >= 0.6 is 23.4 Å². The molecule has 1 aromatic carbocycles. The van der Waals surface area contributed by atoms with Crippen LogP contribution in [0.5, 0.6) is 0 Å². The second-order valence-electron chi connectivity index (χ2n) is 3.27. The highest BCUT2D eigenvalue weighted by molar-refractivity contribution is 8.00. The third-order valence-corrected chi connectivity index (χ3v) is 3.51. The molecule has 2 rings (SSSR count). The number of H-pyrrole nitrogens is 1. The van der Waals surface area contributed by atoms with Crippen LogP contribution in [-0.2, 0) is 4.79 Å². The van der Waals surface area contributed by atoms with Crippen LogP contribution in [0.15, 0.2) is 35.4 Å². The molecule has 0 radical (unpaired) electrons. The van der Waals surface area contributed by atoms with Crippen LogP contribution in [0, 0.1) is 0 Å². The smallest absolute Gasteiger partial charge is 0.313 e. The summed E-state index contributed by atoms with van der Waals surface area (Å²) >= 11 is 7.23. The second kappa shape index (κ2) is 5.25. The van der Waals surface area contributed by atoms with Gasteiger partial charge in [0.1, 0.15) is 10.0 Å². The fourth-order valence-corrected chi connectivity index (χ4v) is 2.29. The number of hydrogen-bond acceptors (Lipinski definition) is 3. The number of benzene rings is 1. The van der Waals surface area contributed by atoms with E-state index in [0.29, 0.717) is 15.7 Å². The molecule has 0 unspecified atom stereocenters. The van der Waals surface area contributed by atoms with Crippen molar-refractivity contribution in [3.63, 3.8) is 0 Å². The van der Waals surface area contributed by atoms with Crippen LogP contribution in [-0.4, -0.2) is 27.0 Å². The molecule has 0 spiro atoms. The molecule has 0 aliphatic rings. The van der Waals surface area contributed by atoms with E-state index in [1.807, 2.05) is 30.3 Å². The number of halogens is 1. The van der Waals surface area contributed by atoms with Gasteiger partial charge in [0.15, 0.2) is 0 Å². The number of carboxylic acids is 1. The van der Waals surface area contributed by atoms with Crippen LogP contribution in [0.2, 0.25) is 5.02 Å². The van der Waals surface area contributed by atoms with Crippen molar-refractivity contribution in [1.29, 1.82) is 0 Å². The summed E-state index contributed by atoms with van der Waals surface area (Å²) in [6, 6.07) is 9.52. The SMILES string of the molecule is O=C(O)CSc1n[nH]c(-c2ccccc2)c1Cl. The molecule has 2 N–H and O–H groups in total. The average molecular weight is 269 g/mol. The number of carboxylic acid groups (broad SMARTS) is 1. The summed E-state index contributed by atoms with van der Waals surface area (Å²) in [7, 11) is 0. The first-order valence-corrected chi connectivity index (χ1v) is 6.18. The van der Waals surface area contributed by atoms with Crippen LogP contribution in [0.1, 0.15) is 0 Å². The van der Waals surface area contributed by atoms with Gasteiger partial charge in [0.25, 0.3) is 0 Å². The third-order valence-electron chi connectivity index (χ3n) is 2.07. The normalized spacial score (nSPS) is 10.4. The Hall–Kier alpha value is -1.46. The Morgan fingerprint density at radius 3 is 2.76 bits per heavy atom. The zero-order valence-electron chi connectivity index (χ0n) is 8.68. The summed E-state index contributed by atoms with van der Waals surface area (Å²) in [6.07, 6.45) is 0. The Balaban J connectivity index is 2.24. The maximum atomic E-state index is 10.5. The van der Waals surface area contributed by atoms with Crippen molar-refractivity contribution < 1.29 is 9.90 Å². The lowest BCUT2D eigenvalue weighted by Crippen LogP contribution is -1.97. The molecule has 0 amide bonds. The van der Waals surface area contributed by atoms with E-state index in [-0.39, 0.29) is 5.75 Å². The Morgan fingerprint density at radius 1 is 1.41 bits per heavy atom. The predicted molar refractivity (Wildman–Crippen MR) is 67.4 cm³/mol. The number of hydrogen-bond donors (Lipinski definition) is 2. The molecule has 0 aliphatic heterocycles. The lowest BCUT2D eigenvalue weighted by atomic mass is 10.2. The fraction of sp³-hybridized carbons (Fsp3) is 0.0909. The van der Waals surface area contributed by atoms with Crippen molar-refractivity contribution in [3.8, 4) is 11.3 Å². The summed E-state index contributed by atoms with van der Waals surface area (Å²) in [6.45, 7) is 0. The number of thioether (sulfide) groups is 1. The molecule has 2 aromatic rings. The Bertz CT molecular complexity index is 528. The number of aromatic amines is 1. The van der Waals surface area contributed by atoms with Crippen LogP contribution in [0.3, 0.4) is 0 Å². The van der Waals surface area contributed by atoms with E-state index >= 15 is 0 Å². The van der Waals surface area contributed by atoms with Crippen molar-refractivity contribution in [2.45, 2.75) is 5.03 Å². The first kappa shape index (κ1) is 12.0. The first-order chi connectivity index (χ1) is 8.18.